The lowest BCUT2D eigenvalue weighted by molar-refractivity contribution is -0.126. The van der Waals surface area contributed by atoms with Crippen LogP contribution in [0.2, 0.25) is 0 Å². The highest BCUT2D eigenvalue weighted by molar-refractivity contribution is 7.89. The molecule has 0 unspecified atom stereocenters. The second-order valence-corrected chi connectivity index (χ2v) is 9.30. The fraction of sp³-hybridized carbons (Fsp3) is 0.632. The molecule has 1 aromatic carbocycles. The van der Waals surface area contributed by atoms with Crippen LogP contribution in [0.3, 0.4) is 0 Å². The topological polar surface area (TPSA) is 69.7 Å². The molecule has 0 spiro atoms. The van der Waals surface area contributed by atoms with Crippen LogP contribution in [0.1, 0.15) is 30.4 Å². The number of rotatable bonds is 7. The number of hydrogen-bond donors (Lipinski definition) is 1. The van der Waals surface area contributed by atoms with Gasteiger partial charge in [0.2, 0.25) is 15.9 Å². The van der Waals surface area contributed by atoms with Gasteiger partial charge in [-0.25, -0.2) is 8.42 Å². The number of nitrogens with zero attached hydrogens (tertiary/aromatic N) is 2. The number of sulfonamides is 1. The Morgan fingerprint density at radius 3 is 2.50 bits per heavy atom. The monoisotopic (exact) mass is 381 g/mol. The molecule has 0 radical (unpaired) electrons. The summed E-state index contributed by atoms with van der Waals surface area (Å²) in [5.74, 6) is -0.0491. The largest absolute Gasteiger partial charge is 0.356 e. The summed E-state index contributed by atoms with van der Waals surface area (Å²) in [4.78, 5) is 14.7. The zero-order valence-corrected chi connectivity index (χ0v) is 17.1. The molecule has 0 aromatic heterocycles. The summed E-state index contributed by atoms with van der Waals surface area (Å²) in [6.07, 6.45) is 2.06. The number of benzene rings is 1. The maximum atomic E-state index is 12.9. The van der Waals surface area contributed by atoms with E-state index >= 15 is 0 Å². The maximum absolute atomic E-state index is 12.9. The molecular formula is C19H31N3O3S. The molecule has 0 saturated carbocycles. The molecule has 1 amide bonds. The first-order chi connectivity index (χ1) is 12.2. The lowest BCUT2D eigenvalue weighted by atomic mass is 9.97. The highest BCUT2D eigenvalue weighted by Crippen LogP contribution is 2.26. The predicted molar refractivity (Wildman–Crippen MR) is 104 cm³/mol. The minimum atomic E-state index is -3.50. The van der Waals surface area contributed by atoms with Crippen molar-refractivity contribution in [3.8, 4) is 0 Å². The third-order valence-corrected chi connectivity index (χ3v) is 6.91. The Labute approximate surface area is 157 Å². The summed E-state index contributed by atoms with van der Waals surface area (Å²) in [7, 11) is 0.517. The van der Waals surface area contributed by atoms with Crippen molar-refractivity contribution in [3.05, 3.63) is 29.3 Å². The van der Waals surface area contributed by atoms with Crippen LogP contribution in [0.5, 0.6) is 0 Å². The smallest absolute Gasteiger partial charge is 0.243 e. The van der Waals surface area contributed by atoms with Crippen molar-refractivity contribution < 1.29 is 13.2 Å². The van der Waals surface area contributed by atoms with Gasteiger partial charge in [-0.3, -0.25) is 4.79 Å². The van der Waals surface area contributed by atoms with Gasteiger partial charge in [0, 0.05) is 25.6 Å². The number of aryl methyl sites for hydroxylation is 2. The quantitative estimate of drug-likeness (QED) is 0.731. The summed E-state index contributed by atoms with van der Waals surface area (Å²) in [6.45, 7) is 6.10. The number of carbonyl (C=O) groups is 1. The van der Waals surface area contributed by atoms with Gasteiger partial charge in [-0.2, -0.15) is 4.31 Å². The fourth-order valence-electron chi connectivity index (χ4n) is 3.23. The summed E-state index contributed by atoms with van der Waals surface area (Å²) >= 11 is 0. The molecule has 6 nitrogen and oxygen atoms in total. The number of carbonyl (C=O) groups excluding carboxylic acids is 1. The molecule has 1 aromatic rings. The van der Waals surface area contributed by atoms with E-state index in [1.54, 1.807) is 6.07 Å². The van der Waals surface area contributed by atoms with Gasteiger partial charge < -0.3 is 10.2 Å². The Morgan fingerprint density at radius 2 is 1.88 bits per heavy atom. The first-order valence-corrected chi connectivity index (χ1v) is 10.7. The molecule has 1 N–H and O–H groups in total. The number of hydrogen-bond acceptors (Lipinski definition) is 4. The Balaban J connectivity index is 1.91. The molecule has 7 heteroatoms. The van der Waals surface area contributed by atoms with Crippen LogP contribution in [-0.4, -0.2) is 63.8 Å². The van der Waals surface area contributed by atoms with E-state index < -0.39 is 10.0 Å². The molecule has 1 fully saturated rings. The summed E-state index contributed by atoms with van der Waals surface area (Å²) in [5.41, 5.74) is 1.69. The van der Waals surface area contributed by atoms with Gasteiger partial charge in [-0.1, -0.05) is 12.1 Å². The summed E-state index contributed by atoms with van der Waals surface area (Å²) < 4.78 is 27.4. The molecule has 1 heterocycles. The fourth-order valence-corrected chi connectivity index (χ4v) is 5.01. The van der Waals surface area contributed by atoms with Crippen molar-refractivity contribution in [2.24, 2.45) is 5.92 Å². The summed E-state index contributed by atoms with van der Waals surface area (Å²) in [6, 6.07) is 5.49. The molecule has 0 aliphatic carbocycles. The van der Waals surface area contributed by atoms with Crippen molar-refractivity contribution in [1.29, 1.82) is 0 Å². The highest BCUT2D eigenvalue weighted by atomic mass is 32.2. The maximum Gasteiger partial charge on any atom is 0.243 e. The first kappa shape index (κ1) is 20.9. The van der Waals surface area contributed by atoms with Crippen molar-refractivity contribution >= 4 is 15.9 Å². The molecule has 1 saturated heterocycles. The number of nitrogens with one attached hydrogen (secondary N) is 1. The Hall–Kier alpha value is -1.44. The second kappa shape index (κ2) is 8.97. The normalized spacial score (nSPS) is 16.8. The van der Waals surface area contributed by atoms with Gasteiger partial charge in [0.05, 0.1) is 4.90 Å². The third kappa shape index (κ3) is 5.28. The average molecular weight is 382 g/mol. The molecule has 146 valence electrons. The van der Waals surface area contributed by atoms with E-state index in [0.29, 0.717) is 37.4 Å². The Kier molecular flexibility index (Phi) is 7.20. The predicted octanol–water partition coefficient (Wildman–Crippen LogP) is 1.77. The SMILES string of the molecule is Cc1ccc(C)c(S(=O)(=O)N2CCC(C(=O)NCCCN(C)C)CC2)c1. The standard InChI is InChI=1S/C19H31N3O3S/c1-15-6-7-16(2)18(14-15)26(24,25)22-12-8-17(9-13-22)19(23)20-10-5-11-21(3)4/h6-7,14,17H,5,8-13H2,1-4H3,(H,20,23). The van der Waals surface area contributed by atoms with E-state index in [4.69, 9.17) is 0 Å². The van der Waals surface area contributed by atoms with Crippen LogP contribution < -0.4 is 5.32 Å². The van der Waals surface area contributed by atoms with Gasteiger partial charge in [-0.15, -0.1) is 0 Å². The first-order valence-electron chi connectivity index (χ1n) is 9.21. The molecule has 26 heavy (non-hydrogen) atoms. The molecular weight excluding hydrogens is 350 g/mol. The van der Waals surface area contributed by atoms with Crippen LogP contribution >= 0.6 is 0 Å². The van der Waals surface area contributed by atoms with E-state index in [9.17, 15) is 13.2 Å². The Morgan fingerprint density at radius 1 is 1.23 bits per heavy atom. The number of piperidine rings is 1. The van der Waals surface area contributed by atoms with Crippen molar-refractivity contribution in [3.63, 3.8) is 0 Å². The highest BCUT2D eigenvalue weighted by Gasteiger charge is 2.32. The van der Waals surface area contributed by atoms with Gasteiger partial charge >= 0.3 is 0 Å². The van der Waals surface area contributed by atoms with E-state index in [0.717, 1.165) is 24.1 Å². The van der Waals surface area contributed by atoms with Gasteiger partial charge in [0.25, 0.3) is 0 Å². The van der Waals surface area contributed by atoms with Gasteiger partial charge in [0.15, 0.2) is 0 Å². The van der Waals surface area contributed by atoms with Crippen molar-refractivity contribution in [2.75, 3.05) is 40.3 Å². The van der Waals surface area contributed by atoms with Crippen LogP contribution in [0, 0.1) is 19.8 Å². The van der Waals surface area contributed by atoms with E-state index in [1.807, 2.05) is 40.1 Å². The lowest BCUT2D eigenvalue weighted by Crippen LogP contribution is -2.43. The average Bonchev–Trinajstić information content (AvgIpc) is 2.60. The molecule has 1 aliphatic rings. The molecule has 2 rings (SSSR count). The third-order valence-electron chi connectivity index (χ3n) is 4.87. The summed E-state index contributed by atoms with van der Waals surface area (Å²) in [5, 5.41) is 2.98. The zero-order valence-electron chi connectivity index (χ0n) is 16.3. The Bertz CT molecular complexity index is 724. The number of amides is 1. The molecule has 0 bridgehead atoms. The van der Waals surface area contributed by atoms with Crippen LogP contribution in [0.15, 0.2) is 23.1 Å². The minimum Gasteiger partial charge on any atom is -0.356 e. The van der Waals surface area contributed by atoms with Crippen LogP contribution in [0.25, 0.3) is 0 Å². The van der Waals surface area contributed by atoms with Crippen molar-refractivity contribution in [2.45, 2.75) is 38.0 Å². The van der Waals surface area contributed by atoms with Gasteiger partial charge in [0.1, 0.15) is 0 Å². The van der Waals surface area contributed by atoms with Crippen molar-refractivity contribution in [1.82, 2.24) is 14.5 Å². The minimum absolute atomic E-state index is 0.0486. The molecule has 1 aliphatic heterocycles. The van der Waals surface area contributed by atoms with Crippen LogP contribution in [0.4, 0.5) is 0 Å². The van der Waals surface area contributed by atoms with E-state index in [1.165, 1.54) is 4.31 Å². The van der Waals surface area contributed by atoms with Crippen LogP contribution in [-0.2, 0) is 14.8 Å². The van der Waals surface area contributed by atoms with E-state index in [2.05, 4.69) is 10.2 Å². The van der Waals surface area contributed by atoms with E-state index in [-0.39, 0.29) is 11.8 Å². The molecule has 0 atom stereocenters. The lowest BCUT2D eigenvalue weighted by Gasteiger charge is -2.31. The zero-order chi connectivity index (χ0) is 19.3. The second-order valence-electron chi connectivity index (χ2n) is 7.40. The van der Waals surface area contributed by atoms with Gasteiger partial charge in [-0.05, 0) is 70.9 Å².